The van der Waals surface area contributed by atoms with Crippen LogP contribution >= 0.6 is 24.0 Å². The van der Waals surface area contributed by atoms with Crippen molar-refractivity contribution in [1.29, 1.82) is 0 Å². The molecule has 7 heteroatoms. The Morgan fingerprint density at radius 2 is 1.82 bits per heavy atom. The highest BCUT2D eigenvalue weighted by Gasteiger charge is 2.07. The summed E-state index contributed by atoms with van der Waals surface area (Å²) in [6.07, 6.45) is 0. The number of nitrogens with zero attached hydrogens (tertiary/aromatic N) is 2. The van der Waals surface area contributed by atoms with E-state index in [0.29, 0.717) is 19.0 Å². The van der Waals surface area contributed by atoms with E-state index in [9.17, 15) is 0 Å². The molecule has 0 aliphatic carbocycles. The number of ether oxygens (including phenoxy) is 1. The van der Waals surface area contributed by atoms with Crippen molar-refractivity contribution in [2.45, 2.75) is 20.0 Å². The largest absolute Gasteiger partial charge is 0.496 e. The third-order valence-electron chi connectivity index (χ3n) is 4.00. The third-order valence-corrected chi connectivity index (χ3v) is 4.00. The first-order valence-electron chi connectivity index (χ1n) is 8.95. The molecule has 0 saturated carbocycles. The van der Waals surface area contributed by atoms with E-state index in [-0.39, 0.29) is 24.0 Å². The summed E-state index contributed by atoms with van der Waals surface area (Å²) in [5.41, 5.74) is 2.86. The molecular weight excluding hydrogens is 467 g/mol. The molecule has 2 N–H and O–H groups in total. The molecule has 0 atom stereocenters. The van der Waals surface area contributed by atoms with Crippen molar-refractivity contribution < 1.29 is 9.26 Å². The number of hydrogen-bond donors (Lipinski definition) is 2. The normalized spacial score (nSPS) is 10.9. The summed E-state index contributed by atoms with van der Waals surface area (Å²) in [6, 6.07) is 19.7. The molecular formula is C21H25IN4O2. The number of methoxy groups -OCH3 is 1. The Hall–Kier alpha value is -2.55. The second-order valence-corrected chi connectivity index (χ2v) is 5.91. The maximum Gasteiger partial charge on any atom is 0.191 e. The fourth-order valence-corrected chi connectivity index (χ4v) is 2.65. The highest BCUT2D eigenvalue weighted by Crippen LogP contribution is 2.20. The van der Waals surface area contributed by atoms with Crippen LogP contribution in [0.4, 0.5) is 0 Å². The van der Waals surface area contributed by atoms with Crippen LogP contribution in [0, 0.1) is 0 Å². The van der Waals surface area contributed by atoms with E-state index >= 15 is 0 Å². The van der Waals surface area contributed by atoms with Crippen molar-refractivity contribution in [2.24, 2.45) is 4.99 Å². The molecule has 0 amide bonds. The highest BCUT2D eigenvalue weighted by atomic mass is 127. The van der Waals surface area contributed by atoms with Gasteiger partial charge in [0.1, 0.15) is 11.4 Å². The van der Waals surface area contributed by atoms with Crippen molar-refractivity contribution in [1.82, 2.24) is 15.8 Å². The first-order chi connectivity index (χ1) is 13.3. The summed E-state index contributed by atoms with van der Waals surface area (Å²) < 4.78 is 10.8. The molecule has 3 rings (SSSR count). The standard InChI is InChI=1S/C21H24N4O2.HI/c1-3-22-21(23-14-17-11-7-8-12-19(17)26-2)24-15-18-13-20(27-25-18)16-9-5-4-6-10-16;/h4-13H,3,14-15H2,1-2H3,(H2,22,23,24);1H. The number of guanidine groups is 1. The Morgan fingerprint density at radius 1 is 1.07 bits per heavy atom. The molecule has 0 bridgehead atoms. The van der Waals surface area contributed by atoms with Crippen LogP contribution in [-0.2, 0) is 13.1 Å². The van der Waals surface area contributed by atoms with Gasteiger partial charge in [0, 0.05) is 23.7 Å². The van der Waals surface area contributed by atoms with Crippen LogP contribution in [-0.4, -0.2) is 24.8 Å². The van der Waals surface area contributed by atoms with Gasteiger partial charge in [0.2, 0.25) is 0 Å². The maximum absolute atomic E-state index is 5.44. The zero-order valence-electron chi connectivity index (χ0n) is 16.0. The lowest BCUT2D eigenvalue weighted by atomic mass is 10.2. The van der Waals surface area contributed by atoms with Gasteiger partial charge in [-0.05, 0) is 13.0 Å². The van der Waals surface area contributed by atoms with Crippen LogP contribution in [0.1, 0.15) is 18.2 Å². The zero-order chi connectivity index (χ0) is 18.9. The Balaban J connectivity index is 0.00000280. The van der Waals surface area contributed by atoms with Gasteiger partial charge in [0.25, 0.3) is 0 Å². The number of aliphatic imine (C=N–C) groups is 1. The third kappa shape index (κ3) is 5.98. The Bertz CT molecular complexity index is 881. The molecule has 28 heavy (non-hydrogen) atoms. The summed E-state index contributed by atoms with van der Waals surface area (Å²) in [7, 11) is 1.67. The molecule has 6 nitrogen and oxygen atoms in total. The van der Waals surface area contributed by atoms with Crippen LogP contribution in [0.15, 0.2) is 70.2 Å². The van der Waals surface area contributed by atoms with E-state index in [0.717, 1.165) is 34.9 Å². The predicted octanol–water partition coefficient (Wildman–Crippen LogP) is 4.22. The number of halogens is 1. The smallest absolute Gasteiger partial charge is 0.191 e. The molecule has 0 radical (unpaired) electrons. The molecule has 2 aromatic carbocycles. The highest BCUT2D eigenvalue weighted by molar-refractivity contribution is 14.0. The number of hydrogen-bond acceptors (Lipinski definition) is 4. The number of benzene rings is 2. The lowest BCUT2D eigenvalue weighted by Gasteiger charge is -2.11. The SMILES string of the molecule is CCNC(=NCc1ccccc1OC)NCc1cc(-c2ccccc2)on1.I. The fraction of sp³-hybridized carbons (Fsp3) is 0.238. The van der Waals surface area contributed by atoms with Crippen LogP contribution in [0.5, 0.6) is 5.75 Å². The summed E-state index contributed by atoms with van der Waals surface area (Å²) in [5, 5.41) is 10.7. The van der Waals surface area contributed by atoms with Crippen molar-refractivity contribution in [2.75, 3.05) is 13.7 Å². The van der Waals surface area contributed by atoms with Crippen LogP contribution < -0.4 is 15.4 Å². The van der Waals surface area contributed by atoms with Crippen molar-refractivity contribution >= 4 is 29.9 Å². The molecule has 0 aliphatic rings. The minimum Gasteiger partial charge on any atom is -0.496 e. The number of rotatable bonds is 7. The predicted molar refractivity (Wildman–Crippen MR) is 122 cm³/mol. The van der Waals surface area contributed by atoms with E-state index in [4.69, 9.17) is 9.26 Å². The average Bonchev–Trinajstić information content (AvgIpc) is 3.20. The van der Waals surface area contributed by atoms with Gasteiger partial charge in [-0.2, -0.15) is 0 Å². The van der Waals surface area contributed by atoms with E-state index < -0.39 is 0 Å². The van der Waals surface area contributed by atoms with Crippen molar-refractivity contribution in [3.8, 4) is 17.1 Å². The molecule has 3 aromatic rings. The second kappa shape index (κ2) is 11.3. The maximum atomic E-state index is 5.44. The minimum atomic E-state index is 0. The van der Waals surface area contributed by atoms with Crippen molar-refractivity contribution in [3.05, 3.63) is 71.9 Å². The molecule has 1 aromatic heterocycles. The van der Waals surface area contributed by atoms with Crippen LogP contribution in [0.3, 0.4) is 0 Å². The van der Waals surface area contributed by atoms with Gasteiger partial charge in [0.05, 0.1) is 20.2 Å². The Morgan fingerprint density at radius 3 is 2.57 bits per heavy atom. The monoisotopic (exact) mass is 492 g/mol. The molecule has 0 unspecified atom stereocenters. The first-order valence-corrected chi connectivity index (χ1v) is 8.95. The first kappa shape index (κ1) is 21.7. The van der Waals surface area contributed by atoms with Gasteiger partial charge in [-0.1, -0.05) is 53.7 Å². The van der Waals surface area contributed by atoms with Crippen LogP contribution in [0.2, 0.25) is 0 Å². The van der Waals surface area contributed by atoms with E-state index in [1.165, 1.54) is 0 Å². The van der Waals surface area contributed by atoms with Gasteiger partial charge < -0.3 is 19.9 Å². The topological polar surface area (TPSA) is 71.7 Å². The summed E-state index contributed by atoms with van der Waals surface area (Å²) in [4.78, 5) is 4.63. The van der Waals surface area contributed by atoms with Gasteiger partial charge in [-0.25, -0.2) is 4.99 Å². The van der Waals surface area contributed by atoms with E-state index in [1.54, 1.807) is 7.11 Å². The summed E-state index contributed by atoms with van der Waals surface area (Å²) >= 11 is 0. The van der Waals surface area contributed by atoms with Gasteiger partial charge in [-0.15, -0.1) is 24.0 Å². The summed E-state index contributed by atoms with van der Waals surface area (Å²) in [6.45, 7) is 3.84. The average molecular weight is 492 g/mol. The molecule has 1 heterocycles. The quantitative estimate of drug-likeness (QED) is 0.294. The van der Waals surface area contributed by atoms with Gasteiger partial charge in [-0.3, -0.25) is 0 Å². The number of aromatic nitrogens is 1. The van der Waals surface area contributed by atoms with Crippen LogP contribution in [0.25, 0.3) is 11.3 Å². The van der Waals surface area contributed by atoms with E-state index in [2.05, 4.69) is 20.8 Å². The van der Waals surface area contributed by atoms with Crippen molar-refractivity contribution in [3.63, 3.8) is 0 Å². The van der Waals surface area contributed by atoms with E-state index in [1.807, 2.05) is 67.6 Å². The summed E-state index contributed by atoms with van der Waals surface area (Å²) in [5.74, 6) is 2.30. The Kier molecular flexibility index (Phi) is 8.80. The minimum absolute atomic E-state index is 0. The number of para-hydroxylation sites is 1. The Labute approximate surface area is 182 Å². The molecule has 0 aliphatic heterocycles. The molecule has 0 saturated heterocycles. The fourth-order valence-electron chi connectivity index (χ4n) is 2.65. The molecule has 0 spiro atoms. The molecule has 148 valence electrons. The second-order valence-electron chi connectivity index (χ2n) is 5.91. The van der Waals surface area contributed by atoms with Gasteiger partial charge >= 0.3 is 0 Å². The lowest BCUT2D eigenvalue weighted by Crippen LogP contribution is -2.36. The zero-order valence-corrected chi connectivity index (χ0v) is 18.3. The lowest BCUT2D eigenvalue weighted by molar-refractivity contribution is 0.410. The number of nitrogens with one attached hydrogen (secondary N) is 2. The molecule has 0 fully saturated rings. The van der Waals surface area contributed by atoms with Gasteiger partial charge in [0.15, 0.2) is 11.7 Å².